The standard InChI is InChI=1S/C73H107N11O15S2/c1-13-45(6)66(55(97-11)39-62(89)84-33-19-22-54(84)68(98-12)46(7)69(92)77-47(8)67(91)49-20-15-14-16-21-49)82(9)63(90)41-76-72(95)65(44(4)5)83(10)73(96)99-42-48-26-28-51(29-27-48)78-61(88)40-75-71(94)64(43(2)3)81-58(85)25-18-32-74-70(93)50-36-52-38-53(37-50)80-60(87)31-35-101-57-24-17-23-56(57)100-34-30-59(86)79-52/h14-16,20-21,26-29,36-38,43-47,54-57,64-68,91H,13,17-19,22-25,30-35,39-42H2,1-12H3,(H,74,93)(H,75,94)(H,76,95)(H,77,92)(H,78,88)(H,79,86)(H,80,87)(H,81,85)/t45-,46+,47+,54-,55+,56?,57?,64?,65?,66-,67+,68+/m0/s1. The molecule has 3 aromatic rings. The summed E-state index contributed by atoms with van der Waals surface area (Å²) < 4.78 is 17.5. The number of benzene rings is 3. The Kier molecular flexibility index (Phi) is 33.1. The van der Waals surface area contributed by atoms with Crippen LogP contribution in [0, 0.1) is 23.7 Å². The normalized spacial score (nSPS) is 19.1. The lowest BCUT2D eigenvalue weighted by molar-refractivity contribution is -0.146. The van der Waals surface area contributed by atoms with Gasteiger partial charge in [-0.05, 0) is 98.2 Å². The van der Waals surface area contributed by atoms with Crippen LogP contribution in [0.15, 0.2) is 72.8 Å². The molecule has 1 saturated carbocycles. The zero-order valence-corrected chi connectivity index (χ0v) is 62.2. The van der Waals surface area contributed by atoms with Gasteiger partial charge in [0, 0.05) is 105 Å². The van der Waals surface area contributed by atoms with Crippen molar-refractivity contribution in [2.75, 3.05) is 82.0 Å². The van der Waals surface area contributed by atoms with Crippen LogP contribution in [0.3, 0.4) is 0 Å². The van der Waals surface area contributed by atoms with Crippen LogP contribution in [0.25, 0.3) is 0 Å². The average Bonchev–Trinajstić information content (AvgIpc) is 1.79. The van der Waals surface area contributed by atoms with E-state index in [2.05, 4.69) is 42.5 Å². The number of carbonyl (C=O) groups excluding carboxylic acids is 11. The summed E-state index contributed by atoms with van der Waals surface area (Å²) >= 11 is 3.60. The molecular weight excluding hydrogens is 1330 g/mol. The fourth-order valence-corrected chi connectivity index (χ4v) is 16.2. The van der Waals surface area contributed by atoms with Gasteiger partial charge >= 0.3 is 6.09 Å². The van der Waals surface area contributed by atoms with Gasteiger partial charge in [0.1, 0.15) is 18.7 Å². The number of nitrogens with zero attached hydrogens (tertiary/aromatic N) is 3. The number of methoxy groups -OCH3 is 2. The molecule has 1 aliphatic carbocycles. The number of hydrogen-bond donors (Lipinski definition) is 9. The van der Waals surface area contributed by atoms with Gasteiger partial charge in [-0.1, -0.05) is 104 Å². The molecule has 1 saturated heterocycles. The van der Waals surface area contributed by atoms with Crippen molar-refractivity contribution in [2.45, 2.75) is 192 Å². The van der Waals surface area contributed by atoms with Crippen molar-refractivity contribution in [3.05, 3.63) is 89.5 Å². The molecule has 2 heterocycles. The average molecular weight is 1440 g/mol. The molecule has 556 valence electrons. The Labute approximate surface area is 602 Å². The number of amides is 11. The van der Waals surface area contributed by atoms with Crippen molar-refractivity contribution < 1.29 is 72.1 Å². The van der Waals surface area contributed by atoms with Crippen molar-refractivity contribution >= 4 is 106 Å². The molecule has 4 unspecified atom stereocenters. The Morgan fingerprint density at radius 2 is 1.33 bits per heavy atom. The number of nitrogens with one attached hydrogen (secondary N) is 8. The lowest BCUT2D eigenvalue weighted by Gasteiger charge is -2.39. The zero-order valence-electron chi connectivity index (χ0n) is 60.6. The van der Waals surface area contributed by atoms with Crippen LogP contribution in [-0.2, 0) is 64.0 Å². The molecule has 28 heteroatoms. The van der Waals surface area contributed by atoms with Crippen LogP contribution in [-0.4, -0.2) is 204 Å². The number of aliphatic hydroxyl groups excluding tert-OH is 1. The number of fused-ring (bicyclic) bond motifs is 3. The van der Waals surface area contributed by atoms with Crippen LogP contribution in [0.2, 0.25) is 0 Å². The third kappa shape index (κ3) is 24.7. The van der Waals surface area contributed by atoms with Crippen molar-refractivity contribution in [1.29, 1.82) is 0 Å². The number of hydrogen-bond acceptors (Lipinski definition) is 17. The minimum absolute atomic E-state index is 0.0309. The maximum atomic E-state index is 14.3. The van der Waals surface area contributed by atoms with Crippen LogP contribution >= 0.6 is 23.5 Å². The van der Waals surface area contributed by atoms with E-state index in [1.807, 2.05) is 32.0 Å². The summed E-state index contributed by atoms with van der Waals surface area (Å²) in [5.74, 6) is -4.29. The van der Waals surface area contributed by atoms with Gasteiger partial charge in [0.05, 0.1) is 61.9 Å². The number of likely N-dealkylation sites (N-methyl/N-ethyl adjacent to an activating group) is 2. The van der Waals surface area contributed by atoms with Gasteiger partial charge in [-0.3, -0.25) is 52.8 Å². The lowest BCUT2D eigenvalue weighted by Crippen LogP contribution is -2.56. The Morgan fingerprint density at radius 1 is 0.703 bits per heavy atom. The highest BCUT2D eigenvalue weighted by Crippen LogP contribution is 2.39. The quantitative estimate of drug-likeness (QED) is 0.0284. The first kappa shape index (κ1) is 82.2. The Bertz CT molecular complexity index is 3250. The summed E-state index contributed by atoms with van der Waals surface area (Å²) in [4.78, 5) is 152. The van der Waals surface area contributed by atoms with Crippen LogP contribution in [0.1, 0.15) is 154 Å². The van der Waals surface area contributed by atoms with Crippen molar-refractivity contribution in [1.82, 2.24) is 41.3 Å². The van der Waals surface area contributed by atoms with E-state index in [1.165, 1.54) is 38.3 Å². The maximum absolute atomic E-state index is 14.3. The first-order valence-electron chi connectivity index (χ1n) is 35.2. The fourth-order valence-electron chi connectivity index (χ4n) is 13.1. The van der Waals surface area contributed by atoms with Crippen LogP contribution in [0.5, 0.6) is 0 Å². The molecule has 0 radical (unpaired) electrons. The maximum Gasteiger partial charge on any atom is 0.410 e. The zero-order chi connectivity index (χ0) is 74.0. The second-order valence-electron chi connectivity index (χ2n) is 27.1. The monoisotopic (exact) mass is 1440 g/mol. The van der Waals surface area contributed by atoms with Gasteiger partial charge in [-0.25, -0.2) is 4.79 Å². The van der Waals surface area contributed by atoms with E-state index in [9.17, 15) is 57.8 Å². The number of aliphatic hydroxyl groups is 1. The second kappa shape index (κ2) is 40.7. The van der Waals surface area contributed by atoms with E-state index < -0.39 is 115 Å². The molecule has 2 aliphatic heterocycles. The van der Waals surface area contributed by atoms with Crippen molar-refractivity contribution in [3.63, 3.8) is 0 Å². The summed E-state index contributed by atoms with van der Waals surface area (Å²) in [6.45, 7) is 13.9. The van der Waals surface area contributed by atoms with E-state index in [-0.39, 0.29) is 73.4 Å². The highest BCUT2D eigenvalue weighted by Gasteiger charge is 2.43. The van der Waals surface area contributed by atoms with Crippen molar-refractivity contribution in [3.8, 4) is 0 Å². The fraction of sp³-hybridized carbons (Fsp3) is 0.603. The van der Waals surface area contributed by atoms with E-state index >= 15 is 0 Å². The van der Waals surface area contributed by atoms with Crippen LogP contribution < -0.4 is 42.5 Å². The molecule has 26 nitrogen and oxygen atoms in total. The van der Waals surface area contributed by atoms with E-state index in [1.54, 1.807) is 119 Å². The van der Waals surface area contributed by atoms with E-state index in [4.69, 9.17) is 14.2 Å². The number of ether oxygens (including phenoxy) is 3. The third-order valence-corrected chi connectivity index (χ3v) is 22.0. The Balaban J connectivity index is 0.915. The van der Waals surface area contributed by atoms with Gasteiger partial charge in [0.2, 0.25) is 53.2 Å². The Hall–Kier alpha value is -7.79. The van der Waals surface area contributed by atoms with E-state index in [0.29, 0.717) is 88.8 Å². The topological polar surface area (TPSA) is 342 Å². The summed E-state index contributed by atoms with van der Waals surface area (Å²) in [5.41, 5.74) is 2.55. The van der Waals surface area contributed by atoms with Gasteiger partial charge in [-0.15, -0.1) is 0 Å². The molecule has 0 spiro atoms. The van der Waals surface area contributed by atoms with Gasteiger partial charge in [0.15, 0.2) is 0 Å². The predicted molar refractivity (Wildman–Crippen MR) is 390 cm³/mol. The van der Waals surface area contributed by atoms with Crippen molar-refractivity contribution in [2.24, 2.45) is 23.7 Å². The predicted octanol–water partition coefficient (Wildman–Crippen LogP) is 7.02. The molecule has 2 bridgehead atoms. The number of anilines is 3. The van der Waals surface area contributed by atoms with Gasteiger partial charge in [-0.2, -0.15) is 23.5 Å². The molecule has 3 aromatic carbocycles. The van der Waals surface area contributed by atoms with Gasteiger partial charge in [0.25, 0.3) is 5.91 Å². The third-order valence-electron chi connectivity index (χ3n) is 18.9. The summed E-state index contributed by atoms with van der Waals surface area (Å²) in [6.07, 6.45) is 2.84. The molecule has 12 atom stereocenters. The number of rotatable bonds is 32. The molecular formula is C73H107N11O15S2. The molecule has 9 N–H and O–H groups in total. The first-order valence-corrected chi connectivity index (χ1v) is 37.3. The van der Waals surface area contributed by atoms with Gasteiger partial charge < -0.3 is 71.7 Å². The molecule has 11 amide bonds. The number of likely N-dealkylation sites (tertiary alicyclic amines) is 1. The number of thioether (sulfide) groups is 2. The minimum Gasteiger partial charge on any atom is -0.445 e. The highest BCUT2D eigenvalue weighted by atomic mass is 32.2. The Morgan fingerprint density at radius 3 is 1.91 bits per heavy atom. The first-order chi connectivity index (χ1) is 48.1. The lowest BCUT2D eigenvalue weighted by atomic mass is 9.90. The molecule has 0 aromatic heterocycles. The molecule has 2 fully saturated rings. The summed E-state index contributed by atoms with van der Waals surface area (Å²) in [5, 5.41) is 34.0. The highest BCUT2D eigenvalue weighted by molar-refractivity contribution is 8.03. The molecule has 101 heavy (non-hydrogen) atoms. The molecule has 6 rings (SSSR count). The molecule has 3 aliphatic rings. The SMILES string of the molecule is CC[C@H](C)[C@@H]([C@@H](CC(=O)N1CCC[C@H]1[C@H](OC)[C@@H](C)C(=O)N[C@H](C)[C@@H](O)c1ccccc1)OC)N(C)C(=O)CNC(=O)C(C(C)C)N(C)C(=O)OCc1ccc(NC(=O)CNC(=O)C(NC(=O)CCCNC(=O)c2cc3cc(c2)NC(=O)CCSC2CCCC2SCCC(=O)N3)C(C)C)cc1. The second-order valence-corrected chi connectivity index (χ2v) is 29.8. The summed E-state index contributed by atoms with van der Waals surface area (Å²) in [7, 11) is 6.03. The minimum atomic E-state index is -1.04. The summed E-state index contributed by atoms with van der Waals surface area (Å²) in [6, 6.07) is 16.5. The smallest absolute Gasteiger partial charge is 0.410 e. The number of carbonyl (C=O) groups is 11. The largest absolute Gasteiger partial charge is 0.445 e. The van der Waals surface area contributed by atoms with E-state index in [0.717, 1.165) is 24.2 Å². The van der Waals surface area contributed by atoms with Crippen LogP contribution in [0.4, 0.5) is 21.9 Å².